The summed E-state index contributed by atoms with van der Waals surface area (Å²) in [5.74, 6) is -1.30. The maximum atomic E-state index is 11.7. The fourth-order valence-electron chi connectivity index (χ4n) is 1.76. The normalized spacial score (nSPS) is 10.0. The fourth-order valence-corrected chi connectivity index (χ4v) is 1.76. The van der Waals surface area contributed by atoms with E-state index < -0.39 is 5.97 Å². The number of nitrogens with zero attached hydrogens (tertiary/aromatic N) is 2. The Morgan fingerprint density at radius 2 is 2.00 bits per heavy atom. The number of benzene rings is 1. The maximum Gasteiger partial charge on any atom is 0.335 e. The van der Waals surface area contributed by atoms with Gasteiger partial charge in [-0.05, 0) is 18.1 Å². The summed E-state index contributed by atoms with van der Waals surface area (Å²) in [4.78, 5) is 30.4. The number of aromatic carboxylic acids is 1. The predicted octanol–water partition coefficient (Wildman–Crippen LogP) is 1.15. The van der Waals surface area contributed by atoms with E-state index in [9.17, 15) is 9.59 Å². The summed E-state index contributed by atoms with van der Waals surface area (Å²) in [5, 5.41) is 11.7. The summed E-state index contributed by atoms with van der Waals surface area (Å²) in [5.41, 5.74) is 1.17. The zero-order valence-corrected chi connectivity index (χ0v) is 10.6. The molecule has 20 heavy (non-hydrogen) atoms. The zero-order chi connectivity index (χ0) is 14.4. The van der Waals surface area contributed by atoms with Crippen LogP contribution in [0.5, 0.6) is 0 Å². The standard InChI is InChI=1S/C14H13N3O3/c18-13(12-9-15-7-8-16-12)17-6-5-10-3-1-2-4-11(10)14(19)20/h1-4,7-9H,5-6H2,(H,17,18)(H,19,20). The Hall–Kier alpha value is -2.76. The van der Waals surface area contributed by atoms with Gasteiger partial charge >= 0.3 is 5.97 Å². The number of amides is 1. The molecule has 1 amide bonds. The summed E-state index contributed by atoms with van der Waals surface area (Å²) >= 11 is 0. The van der Waals surface area contributed by atoms with Crippen LogP contribution in [0, 0.1) is 0 Å². The smallest absolute Gasteiger partial charge is 0.335 e. The molecule has 0 fully saturated rings. The molecule has 0 spiro atoms. The van der Waals surface area contributed by atoms with E-state index in [0.717, 1.165) is 0 Å². The minimum atomic E-state index is -0.971. The summed E-state index contributed by atoms with van der Waals surface area (Å²) < 4.78 is 0. The number of carboxylic acid groups (broad SMARTS) is 1. The molecule has 2 aromatic rings. The Kier molecular flexibility index (Phi) is 4.39. The Morgan fingerprint density at radius 1 is 1.20 bits per heavy atom. The van der Waals surface area contributed by atoms with Crippen LogP contribution in [-0.4, -0.2) is 33.5 Å². The van der Waals surface area contributed by atoms with Crippen LogP contribution in [0.4, 0.5) is 0 Å². The number of nitrogens with one attached hydrogen (secondary N) is 1. The van der Waals surface area contributed by atoms with Crippen molar-refractivity contribution in [3.8, 4) is 0 Å². The van der Waals surface area contributed by atoms with Gasteiger partial charge in [0, 0.05) is 18.9 Å². The number of hydrogen-bond donors (Lipinski definition) is 2. The Bertz CT molecular complexity index is 614. The third-order valence-electron chi connectivity index (χ3n) is 2.72. The minimum Gasteiger partial charge on any atom is -0.478 e. The molecule has 0 aliphatic carbocycles. The molecule has 2 rings (SSSR count). The van der Waals surface area contributed by atoms with Gasteiger partial charge < -0.3 is 10.4 Å². The highest BCUT2D eigenvalue weighted by molar-refractivity contribution is 5.92. The highest BCUT2D eigenvalue weighted by Gasteiger charge is 2.10. The lowest BCUT2D eigenvalue weighted by atomic mass is 10.0. The summed E-state index contributed by atoms with van der Waals surface area (Å²) in [6, 6.07) is 6.72. The third kappa shape index (κ3) is 3.38. The van der Waals surface area contributed by atoms with E-state index in [1.807, 2.05) is 0 Å². The SMILES string of the molecule is O=C(NCCc1ccccc1C(=O)O)c1cnccn1. The molecule has 1 heterocycles. The fraction of sp³-hybridized carbons (Fsp3) is 0.143. The van der Waals surface area contributed by atoms with Gasteiger partial charge in [-0.25, -0.2) is 9.78 Å². The van der Waals surface area contributed by atoms with Crippen molar-refractivity contribution >= 4 is 11.9 Å². The van der Waals surface area contributed by atoms with Crippen LogP contribution in [0.1, 0.15) is 26.4 Å². The van der Waals surface area contributed by atoms with Crippen LogP contribution in [0.2, 0.25) is 0 Å². The number of carboxylic acids is 1. The predicted molar refractivity (Wildman–Crippen MR) is 71.5 cm³/mol. The molecule has 2 N–H and O–H groups in total. The van der Waals surface area contributed by atoms with Crippen LogP contribution < -0.4 is 5.32 Å². The highest BCUT2D eigenvalue weighted by Crippen LogP contribution is 2.09. The van der Waals surface area contributed by atoms with E-state index >= 15 is 0 Å². The van der Waals surface area contributed by atoms with Crippen molar-refractivity contribution in [3.05, 3.63) is 59.7 Å². The van der Waals surface area contributed by atoms with Gasteiger partial charge in [0.05, 0.1) is 11.8 Å². The molecule has 1 aromatic carbocycles. The van der Waals surface area contributed by atoms with Crippen molar-refractivity contribution in [1.29, 1.82) is 0 Å². The van der Waals surface area contributed by atoms with Crippen molar-refractivity contribution in [3.63, 3.8) is 0 Å². The second-order valence-electron chi connectivity index (χ2n) is 4.06. The van der Waals surface area contributed by atoms with Crippen molar-refractivity contribution in [1.82, 2.24) is 15.3 Å². The van der Waals surface area contributed by atoms with Crippen molar-refractivity contribution in [2.45, 2.75) is 6.42 Å². The summed E-state index contributed by atoms with van der Waals surface area (Å²) in [7, 11) is 0. The molecule has 6 nitrogen and oxygen atoms in total. The highest BCUT2D eigenvalue weighted by atomic mass is 16.4. The quantitative estimate of drug-likeness (QED) is 0.851. The molecular weight excluding hydrogens is 258 g/mol. The molecule has 6 heteroatoms. The molecule has 0 saturated carbocycles. The second-order valence-corrected chi connectivity index (χ2v) is 4.06. The molecule has 1 aromatic heterocycles. The molecule has 102 valence electrons. The van der Waals surface area contributed by atoms with Gasteiger partial charge in [-0.15, -0.1) is 0 Å². The number of rotatable bonds is 5. The summed E-state index contributed by atoms with van der Waals surface area (Å²) in [6.45, 7) is 0.333. The molecule has 0 radical (unpaired) electrons. The molecule has 0 saturated heterocycles. The van der Waals surface area contributed by atoms with Gasteiger partial charge in [-0.3, -0.25) is 9.78 Å². The van der Waals surface area contributed by atoms with E-state index in [1.165, 1.54) is 18.6 Å². The lowest BCUT2D eigenvalue weighted by Crippen LogP contribution is -2.27. The summed E-state index contributed by atoms with van der Waals surface area (Å²) in [6.07, 6.45) is 4.74. The number of carbonyl (C=O) groups excluding carboxylic acids is 1. The molecular formula is C14H13N3O3. The van der Waals surface area contributed by atoms with Crippen LogP contribution in [0.3, 0.4) is 0 Å². The molecule has 0 aliphatic heterocycles. The van der Waals surface area contributed by atoms with Gasteiger partial charge in [0.2, 0.25) is 0 Å². The molecule has 0 bridgehead atoms. The van der Waals surface area contributed by atoms with Crippen LogP contribution in [0.15, 0.2) is 42.9 Å². The van der Waals surface area contributed by atoms with E-state index in [0.29, 0.717) is 18.5 Å². The first kappa shape index (κ1) is 13.7. The maximum absolute atomic E-state index is 11.7. The van der Waals surface area contributed by atoms with E-state index in [2.05, 4.69) is 15.3 Å². The van der Waals surface area contributed by atoms with Gasteiger partial charge in [-0.1, -0.05) is 18.2 Å². The van der Waals surface area contributed by atoms with Crippen LogP contribution >= 0.6 is 0 Å². The van der Waals surface area contributed by atoms with Gasteiger partial charge in [0.15, 0.2) is 0 Å². The van der Waals surface area contributed by atoms with E-state index in [1.54, 1.807) is 24.3 Å². The minimum absolute atomic E-state index is 0.235. The van der Waals surface area contributed by atoms with Crippen LogP contribution in [0.25, 0.3) is 0 Å². The first-order valence-electron chi connectivity index (χ1n) is 6.04. The number of hydrogen-bond acceptors (Lipinski definition) is 4. The second kappa shape index (κ2) is 6.42. The van der Waals surface area contributed by atoms with Crippen molar-refractivity contribution < 1.29 is 14.7 Å². The Balaban J connectivity index is 1.94. The monoisotopic (exact) mass is 271 g/mol. The Morgan fingerprint density at radius 3 is 2.70 bits per heavy atom. The number of carbonyl (C=O) groups is 2. The van der Waals surface area contributed by atoms with Gasteiger partial charge in [-0.2, -0.15) is 0 Å². The van der Waals surface area contributed by atoms with Crippen molar-refractivity contribution in [2.24, 2.45) is 0 Å². The van der Waals surface area contributed by atoms with E-state index in [-0.39, 0.29) is 17.2 Å². The van der Waals surface area contributed by atoms with Gasteiger partial charge in [0.25, 0.3) is 5.91 Å². The van der Waals surface area contributed by atoms with Crippen molar-refractivity contribution in [2.75, 3.05) is 6.54 Å². The molecule has 0 unspecified atom stereocenters. The largest absolute Gasteiger partial charge is 0.478 e. The average Bonchev–Trinajstić information content (AvgIpc) is 2.48. The van der Waals surface area contributed by atoms with Crippen LogP contribution in [-0.2, 0) is 6.42 Å². The van der Waals surface area contributed by atoms with Gasteiger partial charge in [0.1, 0.15) is 5.69 Å². The van der Waals surface area contributed by atoms with E-state index in [4.69, 9.17) is 5.11 Å². The average molecular weight is 271 g/mol. The lowest BCUT2D eigenvalue weighted by molar-refractivity contribution is 0.0695. The molecule has 0 atom stereocenters. The first-order valence-corrected chi connectivity index (χ1v) is 6.04. The Labute approximate surface area is 115 Å². The third-order valence-corrected chi connectivity index (χ3v) is 2.72. The lowest BCUT2D eigenvalue weighted by Gasteiger charge is -2.07. The number of aromatic nitrogens is 2. The first-order chi connectivity index (χ1) is 9.68. The topological polar surface area (TPSA) is 92.2 Å². The zero-order valence-electron chi connectivity index (χ0n) is 10.6. The molecule has 0 aliphatic rings.